The van der Waals surface area contributed by atoms with Crippen LogP contribution in [0.15, 0.2) is 42.5 Å². The molecule has 0 bridgehead atoms. The van der Waals surface area contributed by atoms with Gasteiger partial charge in [0.05, 0.1) is 6.61 Å². The first kappa shape index (κ1) is 18.7. The van der Waals surface area contributed by atoms with Crippen LogP contribution >= 0.6 is 0 Å². The number of hydrogen-bond donors (Lipinski definition) is 1. The normalized spacial score (nSPS) is 12.2. The predicted octanol–water partition coefficient (Wildman–Crippen LogP) is 2.74. The lowest BCUT2D eigenvalue weighted by Crippen LogP contribution is -2.20. The van der Waals surface area contributed by atoms with Crippen LogP contribution in [0.1, 0.15) is 13.8 Å². The van der Waals surface area contributed by atoms with Crippen molar-refractivity contribution in [3.05, 3.63) is 42.5 Å². The zero-order valence-corrected chi connectivity index (χ0v) is 16.2. The van der Waals surface area contributed by atoms with E-state index in [1.54, 1.807) is 18.2 Å². The Kier molecular flexibility index (Phi) is 5.28. The zero-order valence-electron chi connectivity index (χ0n) is 16.2. The molecule has 3 aromatic rings. The Morgan fingerprint density at radius 2 is 1.97 bits per heavy atom. The highest BCUT2D eigenvalue weighted by Gasteiger charge is 2.15. The van der Waals surface area contributed by atoms with E-state index in [1.807, 2.05) is 24.3 Å². The van der Waals surface area contributed by atoms with Gasteiger partial charge in [0.1, 0.15) is 12.3 Å². The Morgan fingerprint density at radius 1 is 1.17 bits per heavy atom. The minimum atomic E-state index is -0.273. The molecule has 2 aromatic carbocycles. The minimum Gasteiger partial charge on any atom is -0.493 e. The van der Waals surface area contributed by atoms with E-state index in [0.29, 0.717) is 35.5 Å². The van der Waals surface area contributed by atoms with Gasteiger partial charge in [0.2, 0.25) is 18.5 Å². The Bertz CT molecular complexity index is 1000. The van der Waals surface area contributed by atoms with E-state index < -0.39 is 0 Å². The lowest BCUT2D eigenvalue weighted by Gasteiger charge is -2.08. The molecule has 1 N–H and O–H groups in total. The van der Waals surface area contributed by atoms with Gasteiger partial charge < -0.3 is 19.5 Å². The average molecular weight is 395 g/mol. The lowest BCUT2D eigenvalue weighted by atomic mass is 10.2. The van der Waals surface area contributed by atoms with E-state index >= 15 is 0 Å². The van der Waals surface area contributed by atoms with Gasteiger partial charge in [-0.25, -0.2) is 0 Å². The number of anilines is 1. The minimum absolute atomic E-state index is 0.0585. The molecular weight excluding hydrogens is 374 g/mol. The van der Waals surface area contributed by atoms with Crippen LogP contribution in [0.3, 0.4) is 0 Å². The summed E-state index contributed by atoms with van der Waals surface area (Å²) in [6, 6.07) is 12.7. The van der Waals surface area contributed by atoms with Crippen molar-refractivity contribution in [3.8, 4) is 28.6 Å². The van der Waals surface area contributed by atoms with Gasteiger partial charge in [-0.3, -0.25) is 4.79 Å². The summed E-state index contributed by atoms with van der Waals surface area (Å²) in [4.78, 5) is 13.5. The summed E-state index contributed by atoms with van der Waals surface area (Å²) in [7, 11) is 0. The van der Waals surface area contributed by atoms with Crippen LogP contribution < -0.4 is 19.5 Å². The largest absolute Gasteiger partial charge is 0.493 e. The van der Waals surface area contributed by atoms with Crippen LogP contribution in [0.25, 0.3) is 11.4 Å². The number of fused-ring (bicyclic) bond motifs is 1. The third-order valence-electron chi connectivity index (χ3n) is 4.09. The Balaban J connectivity index is 1.35. The van der Waals surface area contributed by atoms with Gasteiger partial charge >= 0.3 is 0 Å². The molecule has 0 aliphatic carbocycles. The fourth-order valence-corrected chi connectivity index (χ4v) is 2.69. The van der Waals surface area contributed by atoms with Crippen molar-refractivity contribution < 1.29 is 19.0 Å². The molecule has 29 heavy (non-hydrogen) atoms. The summed E-state index contributed by atoms with van der Waals surface area (Å²) in [5.74, 6) is 2.68. The summed E-state index contributed by atoms with van der Waals surface area (Å²) >= 11 is 0. The first-order valence-electron chi connectivity index (χ1n) is 9.27. The highest BCUT2D eigenvalue weighted by molar-refractivity contribution is 5.90. The molecule has 1 aromatic heterocycles. The highest BCUT2D eigenvalue weighted by atomic mass is 16.7. The van der Waals surface area contributed by atoms with Gasteiger partial charge in [0, 0.05) is 17.3 Å². The highest BCUT2D eigenvalue weighted by Crippen LogP contribution is 2.34. The molecule has 0 atom stereocenters. The monoisotopic (exact) mass is 395 g/mol. The molecule has 150 valence electrons. The van der Waals surface area contributed by atoms with Crippen molar-refractivity contribution in [3.63, 3.8) is 0 Å². The molecule has 1 amide bonds. The fraction of sp³-hybridized carbons (Fsp3) is 0.300. The number of amides is 1. The second-order valence-electron chi connectivity index (χ2n) is 6.99. The van der Waals surface area contributed by atoms with Crippen molar-refractivity contribution in [1.82, 2.24) is 20.2 Å². The topological polar surface area (TPSA) is 100 Å². The molecule has 9 heteroatoms. The van der Waals surface area contributed by atoms with Crippen LogP contribution in [0.2, 0.25) is 0 Å². The third-order valence-corrected chi connectivity index (χ3v) is 4.09. The average Bonchev–Trinajstić information content (AvgIpc) is 3.35. The second-order valence-corrected chi connectivity index (χ2v) is 6.99. The molecular formula is C20H21N5O4. The molecule has 1 aliphatic rings. The van der Waals surface area contributed by atoms with Crippen molar-refractivity contribution in [1.29, 1.82) is 0 Å². The molecule has 2 heterocycles. The number of nitrogens with one attached hydrogen (secondary N) is 1. The molecule has 0 saturated carbocycles. The van der Waals surface area contributed by atoms with Gasteiger partial charge in [-0.2, -0.15) is 4.80 Å². The maximum atomic E-state index is 12.3. The molecule has 4 rings (SSSR count). The number of benzene rings is 2. The Morgan fingerprint density at radius 3 is 2.76 bits per heavy atom. The van der Waals surface area contributed by atoms with Gasteiger partial charge in [0.15, 0.2) is 11.5 Å². The Hall–Kier alpha value is -3.62. The number of tetrazole rings is 1. The summed E-state index contributed by atoms with van der Waals surface area (Å²) in [5, 5.41) is 15.0. The maximum absolute atomic E-state index is 12.3. The first-order valence-corrected chi connectivity index (χ1v) is 9.27. The smallest absolute Gasteiger partial charge is 0.248 e. The number of ether oxygens (including phenoxy) is 3. The van der Waals surface area contributed by atoms with E-state index in [2.05, 4.69) is 34.6 Å². The van der Waals surface area contributed by atoms with E-state index in [9.17, 15) is 4.79 Å². The van der Waals surface area contributed by atoms with E-state index in [4.69, 9.17) is 14.2 Å². The second kappa shape index (κ2) is 8.17. The Labute approximate surface area is 167 Å². The first-order chi connectivity index (χ1) is 14.1. The van der Waals surface area contributed by atoms with E-state index in [1.165, 1.54) is 4.80 Å². The third kappa shape index (κ3) is 4.63. The van der Waals surface area contributed by atoms with E-state index in [0.717, 1.165) is 11.3 Å². The molecule has 9 nitrogen and oxygen atoms in total. The summed E-state index contributed by atoms with van der Waals surface area (Å²) < 4.78 is 16.2. The van der Waals surface area contributed by atoms with Crippen molar-refractivity contribution in [2.24, 2.45) is 5.92 Å². The zero-order chi connectivity index (χ0) is 20.2. The molecule has 1 aliphatic heterocycles. The quantitative estimate of drug-likeness (QED) is 0.656. The summed E-state index contributed by atoms with van der Waals surface area (Å²) in [6.07, 6.45) is 0. The molecule has 0 saturated heterocycles. The molecule has 0 spiro atoms. The van der Waals surface area contributed by atoms with Gasteiger partial charge in [-0.05, 0) is 47.5 Å². The number of aromatic nitrogens is 4. The van der Waals surface area contributed by atoms with Gasteiger partial charge in [0.25, 0.3) is 0 Å². The summed E-state index contributed by atoms with van der Waals surface area (Å²) in [6.45, 7) is 4.98. The number of nitrogens with zero attached hydrogens (tertiary/aromatic N) is 4. The lowest BCUT2D eigenvalue weighted by molar-refractivity contribution is -0.117. The van der Waals surface area contributed by atoms with Crippen LogP contribution in [0.4, 0.5) is 5.69 Å². The van der Waals surface area contributed by atoms with Crippen LogP contribution in [-0.4, -0.2) is 39.5 Å². The van der Waals surface area contributed by atoms with Crippen LogP contribution in [0, 0.1) is 5.92 Å². The number of carbonyl (C=O) groups excluding carboxylic acids is 1. The number of rotatable bonds is 7. The molecule has 0 unspecified atom stereocenters. The van der Waals surface area contributed by atoms with Crippen molar-refractivity contribution >= 4 is 11.6 Å². The number of carbonyl (C=O) groups is 1. The van der Waals surface area contributed by atoms with Gasteiger partial charge in [-0.1, -0.05) is 13.8 Å². The van der Waals surface area contributed by atoms with Crippen LogP contribution in [0.5, 0.6) is 17.2 Å². The fourth-order valence-electron chi connectivity index (χ4n) is 2.69. The SMILES string of the molecule is CC(C)COc1ccc(-c2nnn(CC(=O)Nc3ccc4c(c3)OCO4)n2)cc1. The van der Waals surface area contributed by atoms with E-state index in [-0.39, 0.29) is 19.2 Å². The van der Waals surface area contributed by atoms with Crippen molar-refractivity contribution in [2.75, 3.05) is 18.7 Å². The summed E-state index contributed by atoms with van der Waals surface area (Å²) in [5.41, 5.74) is 1.40. The number of hydrogen-bond acceptors (Lipinski definition) is 7. The molecule has 0 fully saturated rings. The maximum Gasteiger partial charge on any atom is 0.248 e. The van der Waals surface area contributed by atoms with Gasteiger partial charge in [-0.15, -0.1) is 10.2 Å². The molecule has 0 radical (unpaired) electrons. The van der Waals surface area contributed by atoms with Crippen molar-refractivity contribution in [2.45, 2.75) is 20.4 Å². The predicted molar refractivity (Wildman–Crippen MR) is 105 cm³/mol. The standard InChI is InChI=1S/C20H21N5O4/c1-13(2)11-27-16-6-3-14(4-7-16)20-22-24-25(23-20)10-19(26)21-15-5-8-17-18(9-15)29-12-28-17/h3-9,13H,10-12H2,1-2H3,(H,21,26). The van der Waals surface area contributed by atoms with Crippen LogP contribution in [-0.2, 0) is 11.3 Å².